The topological polar surface area (TPSA) is 80.5 Å². The SMILES string of the molecule is Cc1cc(CS(=O)(=O)[C@H](C)C(=O)N2C[C@@H](C)C[C@H](C)C2)no1. The normalized spacial score (nSPS) is 24.3. The minimum Gasteiger partial charge on any atom is -0.361 e. The highest BCUT2D eigenvalue weighted by Crippen LogP contribution is 2.23. The Morgan fingerprint density at radius 1 is 1.41 bits per heavy atom. The van der Waals surface area contributed by atoms with Crippen molar-refractivity contribution in [3.05, 3.63) is 17.5 Å². The molecular formula is C15H24N2O4S. The molecule has 0 bridgehead atoms. The van der Waals surface area contributed by atoms with Gasteiger partial charge in [-0.2, -0.15) is 0 Å². The van der Waals surface area contributed by atoms with Crippen LogP contribution >= 0.6 is 0 Å². The Bertz CT molecular complexity index is 628. The number of carbonyl (C=O) groups is 1. The van der Waals surface area contributed by atoms with Gasteiger partial charge in [0.1, 0.15) is 11.0 Å². The lowest BCUT2D eigenvalue weighted by atomic mass is 9.92. The van der Waals surface area contributed by atoms with E-state index >= 15 is 0 Å². The number of sulfone groups is 1. The molecule has 3 atom stereocenters. The van der Waals surface area contributed by atoms with E-state index in [1.807, 2.05) is 0 Å². The summed E-state index contributed by atoms with van der Waals surface area (Å²) < 4.78 is 29.7. The van der Waals surface area contributed by atoms with Gasteiger partial charge in [0.25, 0.3) is 0 Å². The van der Waals surface area contributed by atoms with Gasteiger partial charge in [0.05, 0.1) is 11.4 Å². The third-order valence-corrected chi connectivity index (χ3v) is 6.07. The van der Waals surface area contributed by atoms with Gasteiger partial charge in [-0.15, -0.1) is 0 Å². The summed E-state index contributed by atoms with van der Waals surface area (Å²) in [7, 11) is -3.60. The van der Waals surface area contributed by atoms with E-state index in [0.29, 0.717) is 36.4 Å². The Morgan fingerprint density at radius 2 is 2.00 bits per heavy atom. The fourth-order valence-corrected chi connectivity index (χ4v) is 4.33. The molecule has 1 aromatic rings. The van der Waals surface area contributed by atoms with Crippen LogP contribution < -0.4 is 0 Å². The van der Waals surface area contributed by atoms with E-state index in [2.05, 4.69) is 19.0 Å². The second kappa shape index (κ2) is 6.40. The van der Waals surface area contributed by atoms with Crippen LogP contribution in [0.25, 0.3) is 0 Å². The number of rotatable bonds is 4. The molecule has 2 heterocycles. The summed E-state index contributed by atoms with van der Waals surface area (Å²) in [5.74, 6) is 0.791. The molecule has 1 amide bonds. The molecular weight excluding hydrogens is 304 g/mol. The maximum absolute atomic E-state index is 12.5. The number of amides is 1. The quantitative estimate of drug-likeness (QED) is 0.842. The highest BCUT2D eigenvalue weighted by molar-refractivity contribution is 7.92. The van der Waals surface area contributed by atoms with Crippen LogP contribution in [0.4, 0.5) is 0 Å². The molecule has 2 rings (SSSR count). The van der Waals surface area contributed by atoms with E-state index in [0.717, 1.165) is 6.42 Å². The highest BCUT2D eigenvalue weighted by Gasteiger charge is 2.35. The van der Waals surface area contributed by atoms with E-state index < -0.39 is 15.1 Å². The van der Waals surface area contributed by atoms with Gasteiger partial charge in [-0.25, -0.2) is 8.42 Å². The van der Waals surface area contributed by atoms with E-state index in [1.165, 1.54) is 6.92 Å². The Kier molecular flexibility index (Phi) is 4.94. The van der Waals surface area contributed by atoms with Crippen molar-refractivity contribution in [2.24, 2.45) is 11.8 Å². The van der Waals surface area contributed by atoms with E-state index in [4.69, 9.17) is 4.52 Å². The van der Waals surface area contributed by atoms with Crippen molar-refractivity contribution < 1.29 is 17.7 Å². The second-order valence-corrected chi connectivity index (χ2v) is 8.89. The van der Waals surface area contributed by atoms with Crippen molar-refractivity contribution in [3.63, 3.8) is 0 Å². The van der Waals surface area contributed by atoms with Crippen LogP contribution in [0, 0.1) is 18.8 Å². The zero-order chi connectivity index (χ0) is 16.5. The van der Waals surface area contributed by atoms with Crippen LogP contribution in [0.5, 0.6) is 0 Å². The number of likely N-dealkylation sites (tertiary alicyclic amines) is 1. The van der Waals surface area contributed by atoms with Crippen LogP contribution in [0.15, 0.2) is 10.6 Å². The molecule has 0 saturated carbocycles. The fourth-order valence-electron chi connectivity index (χ4n) is 3.07. The Morgan fingerprint density at radius 3 is 2.50 bits per heavy atom. The summed E-state index contributed by atoms with van der Waals surface area (Å²) >= 11 is 0. The van der Waals surface area contributed by atoms with E-state index in [9.17, 15) is 13.2 Å². The smallest absolute Gasteiger partial charge is 0.240 e. The number of hydrogen-bond donors (Lipinski definition) is 0. The number of piperidine rings is 1. The molecule has 1 aliphatic heterocycles. The average Bonchev–Trinajstić information content (AvgIpc) is 2.80. The Hall–Kier alpha value is -1.37. The summed E-state index contributed by atoms with van der Waals surface area (Å²) in [6.45, 7) is 8.61. The van der Waals surface area contributed by atoms with Crippen LogP contribution in [-0.4, -0.2) is 42.7 Å². The van der Waals surface area contributed by atoms with Crippen LogP contribution in [-0.2, 0) is 20.4 Å². The monoisotopic (exact) mass is 328 g/mol. The van der Waals surface area contributed by atoms with Crippen molar-refractivity contribution in [2.45, 2.75) is 45.1 Å². The number of carbonyl (C=O) groups excluding carboxylic acids is 1. The largest absolute Gasteiger partial charge is 0.361 e. The van der Waals surface area contributed by atoms with Crippen molar-refractivity contribution in [1.29, 1.82) is 0 Å². The van der Waals surface area contributed by atoms with E-state index in [-0.39, 0.29) is 11.7 Å². The van der Waals surface area contributed by atoms with Gasteiger partial charge in [0.15, 0.2) is 9.84 Å². The molecule has 7 heteroatoms. The Balaban J connectivity index is 2.08. The Labute approximate surface area is 131 Å². The first-order valence-electron chi connectivity index (χ1n) is 7.61. The minimum absolute atomic E-state index is 0.268. The summed E-state index contributed by atoms with van der Waals surface area (Å²) in [4.78, 5) is 14.2. The first kappa shape index (κ1) is 17.0. The van der Waals surface area contributed by atoms with E-state index in [1.54, 1.807) is 17.9 Å². The lowest BCUT2D eigenvalue weighted by Crippen LogP contribution is -2.48. The molecule has 0 aliphatic carbocycles. The first-order valence-corrected chi connectivity index (χ1v) is 9.33. The predicted octanol–water partition coefficient (Wildman–Crippen LogP) is 1.79. The molecule has 0 unspecified atom stereocenters. The summed E-state index contributed by atoms with van der Waals surface area (Å²) in [5, 5.41) is 2.65. The molecule has 1 fully saturated rings. The lowest BCUT2D eigenvalue weighted by molar-refractivity contribution is -0.133. The van der Waals surface area contributed by atoms with Gasteiger partial charge < -0.3 is 9.42 Å². The van der Waals surface area contributed by atoms with Gasteiger partial charge in [0.2, 0.25) is 5.91 Å². The number of nitrogens with zero attached hydrogens (tertiary/aromatic N) is 2. The second-order valence-electron chi connectivity index (χ2n) is 6.57. The first-order chi connectivity index (χ1) is 10.2. The maximum Gasteiger partial charge on any atom is 0.240 e. The standard InChI is InChI=1S/C15H24N2O4S/c1-10-5-11(2)8-17(7-10)15(18)13(4)22(19,20)9-14-6-12(3)21-16-14/h6,10-11,13H,5,7-9H2,1-4H3/t10-,11-,13+/m0/s1. The van der Waals surface area contributed by atoms with Crippen molar-refractivity contribution in [3.8, 4) is 0 Å². The molecule has 0 radical (unpaired) electrons. The highest BCUT2D eigenvalue weighted by atomic mass is 32.2. The molecule has 1 aliphatic rings. The van der Waals surface area contributed by atoms with Gasteiger partial charge in [-0.1, -0.05) is 19.0 Å². The zero-order valence-corrected chi connectivity index (χ0v) is 14.4. The third-order valence-electron chi connectivity index (χ3n) is 4.09. The maximum atomic E-state index is 12.5. The summed E-state index contributed by atoms with van der Waals surface area (Å²) in [6, 6.07) is 1.58. The van der Waals surface area contributed by atoms with Gasteiger partial charge >= 0.3 is 0 Å². The lowest BCUT2D eigenvalue weighted by Gasteiger charge is -2.36. The molecule has 1 aromatic heterocycles. The molecule has 1 saturated heterocycles. The van der Waals surface area contributed by atoms with Crippen molar-refractivity contribution in [1.82, 2.24) is 10.1 Å². The van der Waals surface area contributed by atoms with Crippen LogP contribution in [0.3, 0.4) is 0 Å². The van der Waals surface area contributed by atoms with Gasteiger partial charge in [-0.3, -0.25) is 4.79 Å². The average molecular weight is 328 g/mol. The van der Waals surface area contributed by atoms with Crippen molar-refractivity contribution in [2.75, 3.05) is 13.1 Å². The molecule has 0 aromatic carbocycles. The minimum atomic E-state index is -3.60. The third kappa shape index (κ3) is 3.88. The van der Waals surface area contributed by atoms with Gasteiger partial charge in [-0.05, 0) is 32.1 Å². The summed E-state index contributed by atoms with van der Waals surface area (Å²) in [6.07, 6.45) is 1.07. The number of aryl methyl sites for hydroxylation is 1. The van der Waals surface area contributed by atoms with Gasteiger partial charge in [0, 0.05) is 19.2 Å². The van der Waals surface area contributed by atoms with Crippen LogP contribution in [0.1, 0.15) is 38.6 Å². The predicted molar refractivity (Wildman–Crippen MR) is 82.9 cm³/mol. The molecule has 6 nitrogen and oxygen atoms in total. The molecule has 22 heavy (non-hydrogen) atoms. The molecule has 124 valence electrons. The number of hydrogen-bond acceptors (Lipinski definition) is 5. The zero-order valence-electron chi connectivity index (χ0n) is 13.6. The molecule has 0 N–H and O–H groups in total. The molecule has 0 spiro atoms. The number of aromatic nitrogens is 1. The summed E-state index contributed by atoms with van der Waals surface area (Å²) in [5.41, 5.74) is 0.345. The fraction of sp³-hybridized carbons (Fsp3) is 0.733. The van der Waals surface area contributed by atoms with Crippen molar-refractivity contribution >= 4 is 15.7 Å². The van der Waals surface area contributed by atoms with Crippen LogP contribution in [0.2, 0.25) is 0 Å².